The topological polar surface area (TPSA) is 32.3 Å². The summed E-state index contributed by atoms with van der Waals surface area (Å²) in [4.78, 5) is 11.2. The van der Waals surface area contributed by atoms with E-state index in [0.717, 1.165) is 31.8 Å². The molecule has 1 amide bonds. The Labute approximate surface area is 66.7 Å². The van der Waals surface area contributed by atoms with Gasteiger partial charge in [-0.05, 0) is 25.2 Å². The monoisotopic (exact) mass is 154 g/mol. The lowest BCUT2D eigenvalue weighted by molar-refractivity contribution is -0.137. The SMILES string of the molecule is O=C1CCCNN1CC1CC1. The number of nitrogens with zero attached hydrogens (tertiary/aromatic N) is 1. The summed E-state index contributed by atoms with van der Waals surface area (Å²) in [7, 11) is 0. The van der Waals surface area contributed by atoms with Gasteiger partial charge in [0, 0.05) is 19.5 Å². The number of amides is 1. The van der Waals surface area contributed by atoms with Crippen molar-refractivity contribution in [1.29, 1.82) is 0 Å². The van der Waals surface area contributed by atoms with E-state index in [1.807, 2.05) is 0 Å². The van der Waals surface area contributed by atoms with Crippen molar-refractivity contribution in [2.75, 3.05) is 13.1 Å². The van der Waals surface area contributed by atoms with Gasteiger partial charge in [0.25, 0.3) is 0 Å². The zero-order chi connectivity index (χ0) is 7.68. The van der Waals surface area contributed by atoms with Crippen LogP contribution in [-0.2, 0) is 4.79 Å². The van der Waals surface area contributed by atoms with E-state index in [1.165, 1.54) is 12.8 Å². The normalized spacial score (nSPS) is 25.8. The molecule has 0 unspecified atom stereocenters. The average molecular weight is 154 g/mol. The molecular formula is C8H14N2O. The molecule has 1 saturated carbocycles. The summed E-state index contributed by atoms with van der Waals surface area (Å²) < 4.78 is 0. The van der Waals surface area contributed by atoms with E-state index in [0.29, 0.717) is 0 Å². The Bertz CT molecular complexity index is 165. The van der Waals surface area contributed by atoms with Gasteiger partial charge < -0.3 is 0 Å². The Morgan fingerprint density at radius 2 is 2.36 bits per heavy atom. The van der Waals surface area contributed by atoms with E-state index in [2.05, 4.69) is 5.43 Å². The molecule has 1 aliphatic heterocycles. The third kappa shape index (κ3) is 1.71. The molecule has 0 aromatic heterocycles. The van der Waals surface area contributed by atoms with Crippen molar-refractivity contribution in [3.05, 3.63) is 0 Å². The van der Waals surface area contributed by atoms with E-state index in [1.54, 1.807) is 5.01 Å². The van der Waals surface area contributed by atoms with E-state index in [9.17, 15) is 4.79 Å². The number of carbonyl (C=O) groups is 1. The van der Waals surface area contributed by atoms with Gasteiger partial charge in [-0.1, -0.05) is 0 Å². The summed E-state index contributed by atoms with van der Waals surface area (Å²) in [6.07, 6.45) is 4.36. The van der Waals surface area contributed by atoms with Crippen LogP contribution < -0.4 is 5.43 Å². The van der Waals surface area contributed by atoms with Crippen LogP contribution in [0.3, 0.4) is 0 Å². The summed E-state index contributed by atoms with van der Waals surface area (Å²) in [5.41, 5.74) is 3.12. The number of hydrazine groups is 1. The first-order chi connectivity index (χ1) is 5.36. The molecule has 1 heterocycles. The van der Waals surface area contributed by atoms with Crippen molar-refractivity contribution in [3.8, 4) is 0 Å². The lowest BCUT2D eigenvalue weighted by atomic mass is 10.2. The predicted octanol–water partition coefficient (Wildman–Crippen LogP) is 0.523. The van der Waals surface area contributed by atoms with Gasteiger partial charge in [0.1, 0.15) is 0 Å². The molecule has 0 spiro atoms. The van der Waals surface area contributed by atoms with Gasteiger partial charge in [-0.2, -0.15) is 0 Å². The Hall–Kier alpha value is -0.570. The largest absolute Gasteiger partial charge is 0.278 e. The van der Waals surface area contributed by atoms with Crippen LogP contribution in [0.2, 0.25) is 0 Å². The number of hydrogen-bond acceptors (Lipinski definition) is 2. The third-order valence-electron chi connectivity index (χ3n) is 2.31. The minimum Gasteiger partial charge on any atom is -0.278 e. The molecule has 2 rings (SSSR count). The molecule has 1 N–H and O–H groups in total. The summed E-state index contributed by atoms with van der Waals surface area (Å²) in [5, 5.41) is 1.81. The van der Waals surface area contributed by atoms with Crippen molar-refractivity contribution >= 4 is 5.91 Å². The van der Waals surface area contributed by atoms with Gasteiger partial charge in [-0.25, -0.2) is 5.43 Å². The molecule has 0 radical (unpaired) electrons. The first-order valence-corrected chi connectivity index (χ1v) is 4.40. The zero-order valence-corrected chi connectivity index (χ0v) is 6.68. The highest BCUT2D eigenvalue weighted by molar-refractivity contribution is 5.76. The Morgan fingerprint density at radius 1 is 1.55 bits per heavy atom. The number of rotatable bonds is 2. The molecule has 2 aliphatic rings. The van der Waals surface area contributed by atoms with Gasteiger partial charge in [-0.15, -0.1) is 0 Å². The molecular weight excluding hydrogens is 140 g/mol. The van der Waals surface area contributed by atoms with Gasteiger partial charge in [0.15, 0.2) is 0 Å². The van der Waals surface area contributed by atoms with E-state index >= 15 is 0 Å². The maximum atomic E-state index is 11.2. The summed E-state index contributed by atoms with van der Waals surface area (Å²) in [6.45, 7) is 1.91. The quantitative estimate of drug-likeness (QED) is 0.629. The number of carbonyl (C=O) groups excluding carboxylic acids is 1. The Morgan fingerprint density at radius 3 is 3.00 bits per heavy atom. The molecule has 0 atom stereocenters. The highest BCUT2D eigenvalue weighted by Gasteiger charge is 2.27. The molecule has 62 valence electrons. The second-order valence-electron chi connectivity index (χ2n) is 3.46. The van der Waals surface area contributed by atoms with Crippen LogP contribution in [0.4, 0.5) is 0 Å². The number of nitrogens with one attached hydrogen (secondary N) is 1. The predicted molar refractivity (Wildman–Crippen MR) is 41.7 cm³/mol. The third-order valence-corrected chi connectivity index (χ3v) is 2.31. The van der Waals surface area contributed by atoms with Gasteiger partial charge in [-0.3, -0.25) is 9.80 Å². The minimum atomic E-state index is 0.281. The van der Waals surface area contributed by atoms with Gasteiger partial charge in [0.2, 0.25) is 5.91 Å². The smallest absolute Gasteiger partial charge is 0.236 e. The zero-order valence-electron chi connectivity index (χ0n) is 6.68. The second kappa shape index (κ2) is 2.81. The molecule has 2 fully saturated rings. The Kier molecular flexibility index (Phi) is 1.82. The van der Waals surface area contributed by atoms with Crippen LogP contribution in [0.15, 0.2) is 0 Å². The van der Waals surface area contributed by atoms with E-state index in [4.69, 9.17) is 0 Å². The maximum Gasteiger partial charge on any atom is 0.236 e. The molecule has 11 heavy (non-hydrogen) atoms. The fourth-order valence-electron chi connectivity index (χ4n) is 1.40. The molecule has 0 bridgehead atoms. The molecule has 0 aromatic rings. The second-order valence-corrected chi connectivity index (χ2v) is 3.46. The fraction of sp³-hybridized carbons (Fsp3) is 0.875. The molecule has 1 aliphatic carbocycles. The van der Waals surface area contributed by atoms with Crippen molar-refractivity contribution in [1.82, 2.24) is 10.4 Å². The Balaban J connectivity index is 1.83. The van der Waals surface area contributed by atoms with Crippen molar-refractivity contribution < 1.29 is 4.79 Å². The van der Waals surface area contributed by atoms with E-state index < -0.39 is 0 Å². The summed E-state index contributed by atoms with van der Waals surface area (Å²) in [6, 6.07) is 0. The average Bonchev–Trinajstić information content (AvgIpc) is 2.78. The van der Waals surface area contributed by atoms with Crippen LogP contribution in [0.5, 0.6) is 0 Å². The van der Waals surface area contributed by atoms with Crippen LogP contribution in [-0.4, -0.2) is 24.0 Å². The van der Waals surface area contributed by atoms with Crippen molar-refractivity contribution in [2.24, 2.45) is 5.92 Å². The van der Waals surface area contributed by atoms with Crippen LogP contribution in [0.25, 0.3) is 0 Å². The lowest BCUT2D eigenvalue weighted by Crippen LogP contribution is -2.47. The van der Waals surface area contributed by atoms with Crippen molar-refractivity contribution in [2.45, 2.75) is 25.7 Å². The highest BCUT2D eigenvalue weighted by Crippen LogP contribution is 2.29. The van der Waals surface area contributed by atoms with Crippen LogP contribution in [0.1, 0.15) is 25.7 Å². The van der Waals surface area contributed by atoms with Crippen molar-refractivity contribution in [3.63, 3.8) is 0 Å². The fourth-order valence-corrected chi connectivity index (χ4v) is 1.40. The summed E-state index contributed by atoms with van der Waals surface area (Å²) >= 11 is 0. The van der Waals surface area contributed by atoms with Crippen LogP contribution in [0, 0.1) is 5.92 Å². The summed E-state index contributed by atoms with van der Waals surface area (Å²) in [5.74, 6) is 1.08. The maximum absolute atomic E-state index is 11.2. The highest BCUT2D eigenvalue weighted by atomic mass is 16.2. The minimum absolute atomic E-state index is 0.281. The van der Waals surface area contributed by atoms with Crippen LogP contribution >= 0.6 is 0 Å². The molecule has 0 aromatic carbocycles. The molecule has 1 saturated heterocycles. The standard InChI is InChI=1S/C8H14N2O/c11-8-2-1-5-9-10(8)6-7-3-4-7/h7,9H,1-6H2. The molecule has 3 heteroatoms. The van der Waals surface area contributed by atoms with Gasteiger partial charge >= 0.3 is 0 Å². The van der Waals surface area contributed by atoms with E-state index in [-0.39, 0.29) is 5.91 Å². The molecule has 3 nitrogen and oxygen atoms in total. The lowest BCUT2D eigenvalue weighted by Gasteiger charge is -2.27. The number of hydrogen-bond donors (Lipinski definition) is 1. The van der Waals surface area contributed by atoms with Gasteiger partial charge in [0.05, 0.1) is 0 Å². The first kappa shape index (κ1) is 7.10. The first-order valence-electron chi connectivity index (χ1n) is 4.40.